The molecular formula is C34H22O4. The van der Waals surface area contributed by atoms with E-state index in [-0.39, 0.29) is 23.8 Å². The van der Waals surface area contributed by atoms with Crippen molar-refractivity contribution in [1.29, 1.82) is 0 Å². The fourth-order valence-corrected chi connectivity index (χ4v) is 5.10. The van der Waals surface area contributed by atoms with Gasteiger partial charge >= 0.3 is 0 Å². The second-order valence-corrected chi connectivity index (χ2v) is 9.56. The van der Waals surface area contributed by atoms with Crippen LogP contribution >= 0.6 is 0 Å². The number of fused-ring (bicyclic) bond motifs is 2. The third-order valence-electron chi connectivity index (χ3n) is 7.22. The number of carbonyl (C=O) groups is 2. The molecule has 0 saturated heterocycles. The van der Waals surface area contributed by atoms with Crippen LogP contribution in [0.1, 0.15) is 66.3 Å². The summed E-state index contributed by atoms with van der Waals surface area (Å²) in [5.74, 6) is 1.71. The van der Waals surface area contributed by atoms with Crippen LogP contribution in [0.15, 0.2) is 121 Å². The average Bonchev–Trinajstić information content (AvgIpc) is 2.96. The Morgan fingerprint density at radius 2 is 0.789 bits per heavy atom. The standard InChI is InChI=1S/C34H22O4/c35-31(21-7-3-1-4-8-21)23-11-15-25(16-12-23)33-27-19-30-28(20-29(27)37-33)34(38-30)26-17-13-24(14-18-26)32(36)22-9-5-2-6-10-22/h1-20,33-34H. The Balaban J connectivity index is 1.06. The molecule has 2 aliphatic heterocycles. The molecule has 2 unspecified atom stereocenters. The first-order chi connectivity index (χ1) is 18.7. The second-order valence-electron chi connectivity index (χ2n) is 9.56. The summed E-state index contributed by atoms with van der Waals surface area (Å²) in [6, 6.07) is 37.9. The van der Waals surface area contributed by atoms with Gasteiger partial charge in [0.2, 0.25) is 0 Å². The summed E-state index contributed by atoms with van der Waals surface area (Å²) in [5, 5.41) is 0. The van der Waals surface area contributed by atoms with Crippen LogP contribution in [0.3, 0.4) is 0 Å². The van der Waals surface area contributed by atoms with Gasteiger partial charge in [-0.25, -0.2) is 0 Å². The van der Waals surface area contributed by atoms with Gasteiger partial charge in [-0.15, -0.1) is 0 Å². The molecule has 4 heteroatoms. The molecule has 0 aromatic heterocycles. The Hall–Kier alpha value is -4.96. The first kappa shape index (κ1) is 22.3. The van der Waals surface area contributed by atoms with Crippen molar-refractivity contribution in [3.05, 3.63) is 166 Å². The van der Waals surface area contributed by atoms with Crippen molar-refractivity contribution in [2.45, 2.75) is 12.2 Å². The van der Waals surface area contributed by atoms with Crippen LogP contribution in [0.2, 0.25) is 0 Å². The number of rotatable bonds is 6. The SMILES string of the molecule is O=C(c1ccccc1)c1ccc(C2Oc3cc4c(cc32)OC4c2ccc(C(=O)c3ccccc3)cc2)cc1. The summed E-state index contributed by atoms with van der Waals surface area (Å²) in [4.78, 5) is 25.4. The van der Waals surface area contributed by atoms with E-state index in [1.807, 2.05) is 121 Å². The third kappa shape index (κ3) is 3.70. The molecule has 0 N–H and O–H groups in total. The van der Waals surface area contributed by atoms with Crippen molar-refractivity contribution >= 4 is 11.6 Å². The molecule has 7 rings (SSSR count). The van der Waals surface area contributed by atoms with Gasteiger partial charge in [0.15, 0.2) is 23.8 Å². The second kappa shape index (κ2) is 8.86. The maximum Gasteiger partial charge on any atom is 0.193 e. The zero-order chi connectivity index (χ0) is 25.6. The molecule has 5 aromatic rings. The largest absolute Gasteiger partial charge is 0.480 e. The average molecular weight is 495 g/mol. The molecule has 2 atom stereocenters. The van der Waals surface area contributed by atoms with Gasteiger partial charge in [-0.3, -0.25) is 9.59 Å². The number of ketones is 2. The zero-order valence-corrected chi connectivity index (χ0v) is 20.3. The Labute approximate surface area is 220 Å². The molecule has 0 bridgehead atoms. The van der Waals surface area contributed by atoms with Crippen molar-refractivity contribution in [3.8, 4) is 11.5 Å². The number of ether oxygens (including phenoxy) is 2. The van der Waals surface area contributed by atoms with Crippen molar-refractivity contribution in [2.24, 2.45) is 0 Å². The fourth-order valence-electron chi connectivity index (χ4n) is 5.10. The third-order valence-corrected chi connectivity index (χ3v) is 7.22. The molecule has 0 saturated carbocycles. The first-order valence-corrected chi connectivity index (χ1v) is 12.6. The van der Waals surface area contributed by atoms with E-state index in [1.165, 1.54) is 0 Å². The van der Waals surface area contributed by atoms with Crippen LogP contribution < -0.4 is 9.47 Å². The summed E-state index contributed by atoms with van der Waals surface area (Å²) in [5.41, 5.74) is 6.80. The topological polar surface area (TPSA) is 52.6 Å². The van der Waals surface area contributed by atoms with Crippen LogP contribution in [0.4, 0.5) is 0 Å². The Morgan fingerprint density at radius 1 is 0.447 bits per heavy atom. The summed E-state index contributed by atoms with van der Waals surface area (Å²) in [7, 11) is 0. The maximum absolute atomic E-state index is 12.7. The lowest BCUT2D eigenvalue weighted by Gasteiger charge is -2.38. The molecule has 5 aromatic carbocycles. The van der Waals surface area contributed by atoms with E-state index in [0.29, 0.717) is 22.3 Å². The fraction of sp³-hybridized carbons (Fsp3) is 0.0588. The normalized spacial score (nSPS) is 16.5. The Morgan fingerprint density at radius 3 is 1.16 bits per heavy atom. The van der Waals surface area contributed by atoms with Crippen LogP contribution in [-0.4, -0.2) is 11.6 Å². The van der Waals surface area contributed by atoms with Gasteiger partial charge in [0.25, 0.3) is 0 Å². The molecule has 0 spiro atoms. The lowest BCUT2D eigenvalue weighted by molar-refractivity contribution is 0.103. The quantitative estimate of drug-likeness (QED) is 0.236. The van der Waals surface area contributed by atoms with Crippen LogP contribution in [-0.2, 0) is 0 Å². The molecule has 2 heterocycles. The summed E-state index contributed by atoms with van der Waals surface area (Å²) in [6.07, 6.45) is -0.357. The van der Waals surface area contributed by atoms with E-state index in [9.17, 15) is 9.59 Å². The number of carbonyl (C=O) groups excluding carboxylic acids is 2. The first-order valence-electron chi connectivity index (χ1n) is 12.6. The monoisotopic (exact) mass is 494 g/mol. The highest BCUT2D eigenvalue weighted by Gasteiger charge is 2.38. The lowest BCUT2D eigenvalue weighted by atomic mass is 9.88. The molecule has 182 valence electrons. The predicted octanol–water partition coefficient (Wildman–Crippen LogP) is 7.11. The van der Waals surface area contributed by atoms with Gasteiger partial charge in [-0.05, 0) is 23.3 Å². The van der Waals surface area contributed by atoms with E-state index in [2.05, 4.69) is 0 Å². The number of hydrogen-bond acceptors (Lipinski definition) is 4. The molecule has 2 aliphatic rings. The summed E-state index contributed by atoms with van der Waals surface area (Å²) < 4.78 is 12.2. The van der Waals surface area contributed by atoms with Gasteiger partial charge in [-0.2, -0.15) is 0 Å². The van der Waals surface area contributed by atoms with Gasteiger partial charge in [-0.1, -0.05) is 109 Å². The lowest BCUT2D eigenvalue weighted by Crippen LogP contribution is -2.26. The summed E-state index contributed by atoms with van der Waals surface area (Å²) >= 11 is 0. The van der Waals surface area contributed by atoms with Crippen molar-refractivity contribution in [1.82, 2.24) is 0 Å². The molecule has 0 fully saturated rings. The van der Waals surface area contributed by atoms with E-state index in [1.54, 1.807) is 0 Å². The highest BCUT2D eigenvalue weighted by Crippen LogP contribution is 2.52. The minimum Gasteiger partial charge on any atom is -0.480 e. The number of hydrogen-bond donors (Lipinski definition) is 0. The molecule has 0 aliphatic carbocycles. The van der Waals surface area contributed by atoms with Crippen LogP contribution in [0.5, 0.6) is 11.5 Å². The van der Waals surface area contributed by atoms with Crippen molar-refractivity contribution in [2.75, 3.05) is 0 Å². The maximum atomic E-state index is 12.7. The Bertz CT molecular complexity index is 1540. The van der Waals surface area contributed by atoms with E-state index in [0.717, 1.165) is 33.8 Å². The molecule has 4 nitrogen and oxygen atoms in total. The smallest absolute Gasteiger partial charge is 0.193 e. The van der Waals surface area contributed by atoms with Crippen molar-refractivity contribution in [3.63, 3.8) is 0 Å². The van der Waals surface area contributed by atoms with Crippen molar-refractivity contribution < 1.29 is 19.1 Å². The minimum atomic E-state index is -0.179. The van der Waals surface area contributed by atoms with Crippen LogP contribution in [0.25, 0.3) is 0 Å². The molecular weight excluding hydrogens is 472 g/mol. The molecule has 38 heavy (non-hydrogen) atoms. The van der Waals surface area contributed by atoms with E-state index in [4.69, 9.17) is 9.47 Å². The van der Waals surface area contributed by atoms with Crippen LogP contribution in [0, 0.1) is 0 Å². The van der Waals surface area contributed by atoms with E-state index >= 15 is 0 Å². The van der Waals surface area contributed by atoms with Gasteiger partial charge in [0.1, 0.15) is 11.5 Å². The van der Waals surface area contributed by atoms with Gasteiger partial charge < -0.3 is 9.47 Å². The zero-order valence-electron chi connectivity index (χ0n) is 20.3. The number of benzene rings is 5. The van der Waals surface area contributed by atoms with Gasteiger partial charge in [0.05, 0.1) is 0 Å². The highest BCUT2D eigenvalue weighted by molar-refractivity contribution is 6.09. The molecule has 0 radical (unpaired) electrons. The predicted molar refractivity (Wildman–Crippen MR) is 144 cm³/mol. The summed E-state index contributed by atoms with van der Waals surface area (Å²) in [6.45, 7) is 0. The highest BCUT2D eigenvalue weighted by atomic mass is 16.5. The van der Waals surface area contributed by atoms with E-state index < -0.39 is 0 Å². The van der Waals surface area contributed by atoms with Gasteiger partial charge in [0, 0.05) is 33.4 Å². The minimum absolute atomic E-state index is 0.00492. The Kier molecular flexibility index (Phi) is 5.19. The molecule has 0 amide bonds.